The molecule has 0 saturated carbocycles. The zero-order chi connectivity index (χ0) is 10.6. The minimum atomic E-state index is -0.0730. The Kier molecular flexibility index (Phi) is 3.51. The molecule has 3 nitrogen and oxygen atoms in total. The van der Waals surface area contributed by atoms with Crippen molar-refractivity contribution in [2.45, 2.75) is 13.8 Å². The van der Waals surface area contributed by atoms with E-state index >= 15 is 0 Å². The highest BCUT2D eigenvalue weighted by molar-refractivity contribution is 5.94. The first-order valence-electron chi connectivity index (χ1n) is 4.64. The van der Waals surface area contributed by atoms with Gasteiger partial charge in [-0.05, 0) is 37.6 Å². The first kappa shape index (κ1) is 10.6. The molecule has 1 rings (SSSR count). The zero-order valence-corrected chi connectivity index (χ0v) is 8.76. The maximum Gasteiger partial charge on any atom is 0.251 e. The molecule has 14 heavy (non-hydrogen) atoms. The van der Waals surface area contributed by atoms with Crippen LogP contribution in [0.2, 0.25) is 0 Å². The molecule has 0 aromatic heterocycles. The number of rotatable bonds is 3. The molecule has 0 aliphatic rings. The van der Waals surface area contributed by atoms with E-state index in [1.54, 1.807) is 13.1 Å². The van der Waals surface area contributed by atoms with Gasteiger partial charge in [-0.2, -0.15) is 0 Å². The number of hydrogen-bond acceptors (Lipinski definition) is 2. The molecule has 76 valence electrons. The molecule has 0 aliphatic carbocycles. The Hall–Kier alpha value is -1.51. The first-order chi connectivity index (χ1) is 6.69. The number of ether oxygens (including phenoxy) is 1. The fourth-order valence-corrected chi connectivity index (χ4v) is 1.25. The van der Waals surface area contributed by atoms with Crippen LogP contribution >= 0.6 is 0 Å². The standard InChI is InChI=1S/C11H15NO2/c1-4-14-10-6-5-9(7-8(10)2)11(13)12-3/h5-7H,4H2,1-3H3,(H,12,13). The van der Waals surface area contributed by atoms with E-state index in [-0.39, 0.29) is 5.91 Å². The Balaban J connectivity index is 2.94. The Bertz CT molecular complexity index is 334. The topological polar surface area (TPSA) is 38.3 Å². The minimum absolute atomic E-state index is 0.0730. The van der Waals surface area contributed by atoms with Crippen molar-refractivity contribution in [1.29, 1.82) is 0 Å². The van der Waals surface area contributed by atoms with Gasteiger partial charge in [-0.1, -0.05) is 0 Å². The molecule has 1 aromatic carbocycles. The highest BCUT2D eigenvalue weighted by Gasteiger charge is 2.05. The largest absolute Gasteiger partial charge is 0.494 e. The number of carbonyl (C=O) groups excluding carboxylic acids is 1. The second-order valence-electron chi connectivity index (χ2n) is 2.99. The number of hydrogen-bond donors (Lipinski definition) is 1. The average molecular weight is 193 g/mol. The summed E-state index contributed by atoms with van der Waals surface area (Å²) in [6.07, 6.45) is 0. The normalized spacial score (nSPS) is 9.64. The predicted octanol–water partition coefficient (Wildman–Crippen LogP) is 1.75. The van der Waals surface area contributed by atoms with Crippen LogP contribution in [0.5, 0.6) is 5.75 Å². The molecule has 1 amide bonds. The minimum Gasteiger partial charge on any atom is -0.494 e. The summed E-state index contributed by atoms with van der Waals surface area (Å²) in [6.45, 7) is 4.50. The molecule has 0 atom stereocenters. The Morgan fingerprint density at radius 1 is 1.50 bits per heavy atom. The summed E-state index contributed by atoms with van der Waals surface area (Å²) < 4.78 is 5.37. The summed E-state index contributed by atoms with van der Waals surface area (Å²) in [5, 5.41) is 2.58. The molecule has 1 aromatic rings. The summed E-state index contributed by atoms with van der Waals surface area (Å²) in [5.41, 5.74) is 1.64. The third-order valence-corrected chi connectivity index (χ3v) is 1.96. The molecule has 0 heterocycles. The van der Waals surface area contributed by atoms with Crippen LogP contribution in [0, 0.1) is 6.92 Å². The molecular weight excluding hydrogens is 178 g/mol. The fraction of sp³-hybridized carbons (Fsp3) is 0.364. The summed E-state index contributed by atoms with van der Waals surface area (Å²) >= 11 is 0. The van der Waals surface area contributed by atoms with E-state index in [0.29, 0.717) is 12.2 Å². The van der Waals surface area contributed by atoms with Gasteiger partial charge < -0.3 is 10.1 Å². The van der Waals surface area contributed by atoms with Crippen LogP contribution in [0.4, 0.5) is 0 Å². The molecule has 0 radical (unpaired) electrons. The summed E-state index contributed by atoms with van der Waals surface area (Å²) in [4.78, 5) is 11.3. The maximum absolute atomic E-state index is 11.3. The lowest BCUT2D eigenvalue weighted by molar-refractivity contribution is 0.0963. The molecule has 0 fully saturated rings. The number of aryl methyl sites for hydroxylation is 1. The molecule has 3 heteroatoms. The van der Waals surface area contributed by atoms with Gasteiger partial charge in [0.15, 0.2) is 0 Å². The quantitative estimate of drug-likeness (QED) is 0.794. The van der Waals surface area contributed by atoms with E-state index in [9.17, 15) is 4.79 Å². The van der Waals surface area contributed by atoms with E-state index in [1.807, 2.05) is 26.0 Å². The lowest BCUT2D eigenvalue weighted by Crippen LogP contribution is -2.17. The second-order valence-corrected chi connectivity index (χ2v) is 2.99. The molecule has 1 N–H and O–H groups in total. The number of carbonyl (C=O) groups is 1. The van der Waals surface area contributed by atoms with Crippen molar-refractivity contribution in [2.24, 2.45) is 0 Å². The Morgan fingerprint density at radius 3 is 2.71 bits per heavy atom. The molecule has 0 spiro atoms. The molecule has 0 bridgehead atoms. The molecular formula is C11H15NO2. The number of benzene rings is 1. The van der Waals surface area contributed by atoms with E-state index in [1.165, 1.54) is 0 Å². The monoisotopic (exact) mass is 193 g/mol. The fourth-order valence-electron chi connectivity index (χ4n) is 1.25. The van der Waals surface area contributed by atoms with Crippen LogP contribution in [0.15, 0.2) is 18.2 Å². The van der Waals surface area contributed by atoms with Gasteiger partial charge in [0.05, 0.1) is 6.61 Å². The van der Waals surface area contributed by atoms with Gasteiger partial charge in [0.1, 0.15) is 5.75 Å². The molecule has 0 saturated heterocycles. The molecule has 0 aliphatic heterocycles. The van der Waals surface area contributed by atoms with Crippen LogP contribution in [-0.4, -0.2) is 19.6 Å². The van der Waals surface area contributed by atoms with Gasteiger partial charge >= 0.3 is 0 Å². The van der Waals surface area contributed by atoms with Crippen LogP contribution in [-0.2, 0) is 0 Å². The SMILES string of the molecule is CCOc1ccc(C(=O)NC)cc1C. The van der Waals surface area contributed by atoms with Gasteiger partial charge in [0.2, 0.25) is 0 Å². The van der Waals surface area contributed by atoms with Gasteiger partial charge in [0, 0.05) is 12.6 Å². The maximum atomic E-state index is 11.3. The third kappa shape index (κ3) is 2.25. The van der Waals surface area contributed by atoms with Crippen molar-refractivity contribution in [3.63, 3.8) is 0 Å². The van der Waals surface area contributed by atoms with Crippen LogP contribution < -0.4 is 10.1 Å². The molecule has 0 unspecified atom stereocenters. The van der Waals surface area contributed by atoms with Crippen molar-refractivity contribution >= 4 is 5.91 Å². The Morgan fingerprint density at radius 2 is 2.21 bits per heavy atom. The highest BCUT2D eigenvalue weighted by atomic mass is 16.5. The summed E-state index contributed by atoms with van der Waals surface area (Å²) in [6, 6.07) is 5.41. The van der Waals surface area contributed by atoms with Gasteiger partial charge in [-0.25, -0.2) is 0 Å². The summed E-state index contributed by atoms with van der Waals surface area (Å²) in [7, 11) is 1.62. The van der Waals surface area contributed by atoms with E-state index in [0.717, 1.165) is 11.3 Å². The third-order valence-electron chi connectivity index (χ3n) is 1.96. The second kappa shape index (κ2) is 4.65. The van der Waals surface area contributed by atoms with Crippen LogP contribution in [0.3, 0.4) is 0 Å². The lowest BCUT2D eigenvalue weighted by atomic mass is 10.1. The van der Waals surface area contributed by atoms with E-state index < -0.39 is 0 Å². The van der Waals surface area contributed by atoms with E-state index in [4.69, 9.17) is 4.74 Å². The predicted molar refractivity (Wildman–Crippen MR) is 55.7 cm³/mol. The first-order valence-corrected chi connectivity index (χ1v) is 4.64. The zero-order valence-electron chi connectivity index (χ0n) is 8.76. The van der Waals surface area contributed by atoms with Crippen molar-refractivity contribution in [3.8, 4) is 5.75 Å². The Labute approximate surface area is 84.1 Å². The lowest BCUT2D eigenvalue weighted by Gasteiger charge is -2.08. The van der Waals surface area contributed by atoms with Crippen LogP contribution in [0.25, 0.3) is 0 Å². The van der Waals surface area contributed by atoms with Gasteiger partial charge in [0.25, 0.3) is 5.91 Å². The summed E-state index contributed by atoms with van der Waals surface area (Å²) in [5.74, 6) is 0.760. The van der Waals surface area contributed by atoms with Crippen molar-refractivity contribution < 1.29 is 9.53 Å². The van der Waals surface area contributed by atoms with Gasteiger partial charge in [-0.15, -0.1) is 0 Å². The van der Waals surface area contributed by atoms with Crippen molar-refractivity contribution in [3.05, 3.63) is 29.3 Å². The average Bonchev–Trinajstić information content (AvgIpc) is 2.20. The smallest absolute Gasteiger partial charge is 0.251 e. The van der Waals surface area contributed by atoms with Crippen molar-refractivity contribution in [1.82, 2.24) is 5.32 Å². The number of nitrogens with one attached hydrogen (secondary N) is 1. The number of amides is 1. The van der Waals surface area contributed by atoms with E-state index in [2.05, 4.69) is 5.32 Å². The van der Waals surface area contributed by atoms with Crippen molar-refractivity contribution in [2.75, 3.05) is 13.7 Å². The highest BCUT2D eigenvalue weighted by Crippen LogP contribution is 2.18. The van der Waals surface area contributed by atoms with Crippen LogP contribution in [0.1, 0.15) is 22.8 Å². The van der Waals surface area contributed by atoms with Gasteiger partial charge in [-0.3, -0.25) is 4.79 Å².